The molecule has 0 aromatic carbocycles. The molecule has 1 unspecified atom stereocenters. The van der Waals surface area contributed by atoms with Crippen molar-refractivity contribution >= 4 is 16.5 Å². The van der Waals surface area contributed by atoms with E-state index in [1.54, 1.807) is 20.8 Å². The van der Waals surface area contributed by atoms with E-state index in [0.29, 0.717) is 11.3 Å². The van der Waals surface area contributed by atoms with Crippen LogP contribution in [0.1, 0.15) is 25.8 Å². The predicted molar refractivity (Wildman–Crippen MR) is 54.3 cm³/mol. The quantitative estimate of drug-likeness (QED) is 0.868. The van der Waals surface area contributed by atoms with E-state index in [9.17, 15) is 18.3 Å². The zero-order valence-corrected chi connectivity index (χ0v) is 9.78. The van der Waals surface area contributed by atoms with Gasteiger partial charge in [0.25, 0.3) is 0 Å². The number of halogens is 3. The van der Waals surface area contributed by atoms with E-state index in [1.807, 2.05) is 0 Å². The van der Waals surface area contributed by atoms with Crippen LogP contribution in [-0.2, 0) is 6.18 Å². The van der Waals surface area contributed by atoms with Gasteiger partial charge in [0.15, 0.2) is 0 Å². The first-order valence-electron chi connectivity index (χ1n) is 4.50. The van der Waals surface area contributed by atoms with Gasteiger partial charge in [0.05, 0.1) is 11.6 Å². The van der Waals surface area contributed by atoms with Crippen molar-refractivity contribution in [3.05, 3.63) is 5.01 Å². The second kappa shape index (κ2) is 4.17. The largest absolute Gasteiger partial charge is 0.445 e. The van der Waals surface area contributed by atoms with E-state index >= 15 is 0 Å². The lowest BCUT2D eigenvalue weighted by Gasteiger charge is -2.28. The van der Waals surface area contributed by atoms with Crippen LogP contribution in [0.5, 0.6) is 0 Å². The molecule has 2 N–H and O–H groups in total. The Hall–Kier alpha value is -0.890. The van der Waals surface area contributed by atoms with Crippen molar-refractivity contribution in [2.45, 2.75) is 38.6 Å². The van der Waals surface area contributed by atoms with Gasteiger partial charge in [0.2, 0.25) is 10.1 Å². The third-order valence-electron chi connectivity index (χ3n) is 2.14. The Kier molecular flexibility index (Phi) is 3.44. The van der Waals surface area contributed by atoms with Gasteiger partial charge in [-0.3, -0.25) is 0 Å². The van der Waals surface area contributed by atoms with Gasteiger partial charge in [0, 0.05) is 0 Å². The summed E-state index contributed by atoms with van der Waals surface area (Å²) in [6, 6.07) is 0. The monoisotopic (exact) mass is 255 g/mol. The lowest BCUT2D eigenvalue weighted by atomic mass is 9.99. The summed E-state index contributed by atoms with van der Waals surface area (Å²) < 4.78 is 36.7. The number of nitrogens with zero attached hydrogens (tertiary/aromatic N) is 2. The van der Waals surface area contributed by atoms with Crippen LogP contribution in [0.25, 0.3) is 0 Å². The fourth-order valence-corrected chi connectivity index (χ4v) is 1.54. The minimum Gasteiger partial charge on any atom is -0.391 e. The van der Waals surface area contributed by atoms with Crippen LogP contribution in [0.15, 0.2) is 0 Å². The van der Waals surface area contributed by atoms with Gasteiger partial charge in [-0.25, -0.2) is 0 Å². The van der Waals surface area contributed by atoms with Gasteiger partial charge in [-0.05, 0) is 20.8 Å². The van der Waals surface area contributed by atoms with Crippen LogP contribution in [0, 0.1) is 0 Å². The highest BCUT2D eigenvalue weighted by molar-refractivity contribution is 7.15. The fourth-order valence-electron chi connectivity index (χ4n) is 0.768. The molecule has 0 saturated heterocycles. The maximum absolute atomic E-state index is 12.2. The van der Waals surface area contributed by atoms with Crippen LogP contribution in [0.3, 0.4) is 0 Å². The Morgan fingerprint density at radius 2 is 1.88 bits per heavy atom. The van der Waals surface area contributed by atoms with Crippen molar-refractivity contribution in [3.8, 4) is 0 Å². The third-order valence-corrected chi connectivity index (χ3v) is 3.02. The molecule has 1 rings (SSSR count). The zero-order valence-electron chi connectivity index (χ0n) is 8.96. The van der Waals surface area contributed by atoms with Gasteiger partial charge in [-0.1, -0.05) is 11.3 Å². The van der Waals surface area contributed by atoms with Crippen LogP contribution >= 0.6 is 11.3 Å². The number of rotatable bonds is 3. The molecular formula is C8H12F3N3OS. The standard InChI is InChI=1S/C8H12F3N3OS/c1-4(15)7(2,3)12-6-14-13-5(16-6)8(9,10)11/h4,15H,1-3H3,(H,12,14). The molecule has 92 valence electrons. The molecule has 0 spiro atoms. The summed E-state index contributed by atoms with van der Waals surface area (Å²) in [5.74, 6) is 0. The molecule has 8 heteroatoms. The molecule has 1 heterocycles. The first kappa shape index (κ1) is 13.2. The van der Waals surface area contributed by atoms with Crippen LogP contribution < -0.4 is 5.32 Å². The normalized spacial score (nSPS) is 14.9. The van der Waals surface area contributed by atoms with E-state index in [4.69, 9.17) is 0 Å². The van der Waals surface area contributed by atoms with Gasteiger partial charge in [-0.2, -0.15) is 13.2 Å². The molecule has 0 fully saturated rings. The minimum absolute atomic E-state index is 0.0400. The molecular weight excluding hydrogens is 243 g/mol. The summed E-state index contributed by atoms with van der Waals surface area (Å²) in [5, 5.41) is 17.5. The van der Waals surface area contributed by atoms with Crippen molar-refractivity contribution in [2.75, 3.05) is 5.32 Å². The van der Waals surface area contributed by atoms with E-state index < -0.39 is 22.8 Å². The molecule has 0 amide bonds. The van der Waals surface area contributed by atoms with Crippen molar-refractivity contribution < 1.29 is 18.3 Å². The van der Waals surface area contributed by atoms with Crippen molar-refractivity contribution in [1.29, 1.82) is 0 Å². The van der Waals surface area contributed by atoms with Crippen LogP contribution in [0.4, 0.5) is 18.3 Å². The molecule has 0 radical (unpaired) electrons. The summed E-state index contributed by atoms with van der Waals surface area (Å²) in [5.41, 5.74) is -0.762. The number of aliphatic hydroxyl groups excluding tert-OH is 1. The second-order valence-electron chi connectivity index (χ2n) is 3.93. The Labute approximate surface area is 94.5 Å². The summed E-state index contributed by atoms with van der Waals surface area (Å²) in [6.07, 6.45) is -5.21. The van der Waals surface area contributed by atoms with Crippen molar-refractivity contribution in [1.82, 2.24) is 10.2 Å². The van der Waals surface area contributed by atoms with E-state index in [0.717, 1.165) is 0 Å². The van der Waals surface area contributed by atoms with Gasteiger partial charge in [0.1, 0.15) is 0 Å². The molecule has 0 bridgehead atoms. The highest BCUT2D eigenvalue weighted by Gasteiger charge is 2.36. The maximum Gasteiger partial charge on any atom is 0.445 e. The third kappa shape index (κ3) is 3.05. The number of alkyl halides is 3. The number of hydrogen-bond donors (Lipinski definition) is 2. The maximum atomic E-state index is 12.2. The summed E-state index contributed by atoms with van der Waals surface area (Å²) >= 11 is 0.415. The Morgan fingerprint density at radius 3 is 2.25 bits per heavy atom. The van der Waals surface area contributed by atoms with Crippen molar-refractivity contribution in [3.63, 3.8) is 0 Å². The summed E-state index contributed by atoms with van der Waals surface area (Å²) in [7, 11) is 0. The molecule has 0 aliphatic heterocycles. The second-order valence-corrected chi connectivity index (χ2v) is 4.91. The highest BCUT2D eigenvalue weighted by atomic mass is 32.1. The summed E-state index contributed by atoms with van der Waals surface area (Å²) in [4.78, 5) is 0. The summed E-state index contributed by atoms with van der Waals surface area (Å²) in [6.45, 7) is 4.86. The molecule has 4 nitrogen and oxygen atoms in total. The highest BCUT2D eigenvalue weighted by Crippen LogP contribution is 2.33. The lowest BCUT2D eigenvalue weighted by molar-refractivity contribution is -0.138. The Morgan fingerprint density at radius 1 is 1.31 bits per heavy atom. The number of anilines is 1. The first-order chi connectivity index (χ1) is 7.13. The molecule has 0 saturated carbocycles. The zero-order chi connectivity index (χ0) is 12.6. The Bertz CT molecular complexity index is 362. The van der Waals surface area contributed by atoms with Gasteiger partial charge >= 0.3 is 6.18 Å². The lowest BCUT2D eigenvalue weighted by Crippen LogP contribution is -2.41. The molecule has 0 aliphatic rings. The van der Waals surface area contributed by atoms with Gasteiger partial charge in [-0.15, -0.1) is 10.2 Å². The fraction of sp³-hybridized carbons (Fsp3) is 0.750. The van der Waals surface area contributed by atoms with E-state index in [1.165, 1.54) is 0 Å². The molecule has 0 aliphatic carbocycles. The average molecular weight is 255 g/mol. The van der Waals surface area contributed by atoms with Crippen molar-refractivity contribution in [2.24, 2.45) is 0 Å². The van der Waals surface area contributed by atoms with E-state index in [-0.39, 0.29) is 5.13 Å². The number of nitrogens with one attached hydrogen (secondary N) is 1. The predicted octanol–water partition coefficient (Wildman–Crippen LogP) is 2.13. The van der Waals surface area contributed by atoms with Crippen LogP contribution in [-0.4, -0.2) is 26.9 Å². The Balaban J connectivity index is 2.81. The number of hydrogen-bond acceptors (Lipinski definition) is 5. The molecule has 1 aromatic rings. The topological polar surface area (TPSA) is 58.0 Å². The molecule has 16 heavy (non-hydrogen) atoms. The average Bonchev–Trinajstić information content (AvgIpc) is 2.50. The minimum atomic E-state index is -4.48. The smallest absolute Gasteiger partial charge is 0.391 e. The number of aromatic nitrogens is 2. The van der Waals surface area contributed by atoms with E-state index in [2.05, 4.69) is 15.5 Å². The SMILES string of the molecule is CC(O)C(C)(C)Nc1nnc(C(F)(F)F)s1. The molecule has 1 atom stereocenters. The first-order valence-corrected chi connectivity index (χ1v) is 5.31. The number of aliphatic hydroxyl groups is 1. The van der Waals surface area contributed by atoms with Gasteiger partial charge < -0.3 is 10.4 Å². The van der Waals surface area contributed by atoms with Crippen LogP contribution in [0.2, 0.25) is 0 Å². The molecule has 1 aromatic heterocycles.